The quantitative estimate of drug-likeness (QED) is 0.308. The maximum Gasteiger partial charge on any atom is 0.177 e. The highest BCUT2D eigenvalue weighted by Gasteiger charge is 2.29. The molecule has 0 saturated heterocycles. The fourth-order valence-corrected chi connectivity index (χ4v) is 3.91. The zero-order valence-corrected chi connectivity index (χ0v) is 19.8. The second-order valence-corrected chi connectivity index (χ2v) is 10.6. The van der Waals surface area contributed by atoms with Gasteiger partial charge < -0.3 is 4.74 Å². The first kappa shape index (κ1) is 22.5. The van der Waals surface area contributed by atoms with Gasteiger partial charge in [-0.3, -0.25) is 0 Å². The summed E-state index contributed by atoms with van der Waals surface area (Å²) in [7, 11) is 0. The van der Waals surface area contributed by atoms with Crippen LogP contribution in [0.5, 0.6) is 0 Å². The third-order valence-corrected chi connectivity index (χ3v) is 6.21. The van der Waals surface area contributed by atoms with Gasteiger partial charge >= 0.3 is 0 Å². The zero-order chi connectivity index (χ0) is 22.0. The predicted molar refractivity (Wildman–Crippen MR) is 127 cm³/mol. The van der Waals surface area contributed by atoms with Crippen LogP contribution in [0.1, 0.15) is 72.4 Å². The van der Waals surface area contributed by atoms with E-state index in [1.54, 1.807) is 0 Å². The molecule has 3 aromatic rings. The van der Waals surface area contributed by atoms with Crippen LogP contribution in [0.2, 0.25) is 0 Å². The topological polar surface area (TPSA) is 13.1 Å². The SMILES string of the molecule is CC(C)(C)c1cccc(C(C)(C)OCCCC(C)(C)[n+]2ccc3ccccc3c2)c1. The van der Waals surface area contributed by atoms with Crippen molar-refractivity contribution in [2.45, 2.75) is 77.9 Å². The molecule has 0 amide bonds. The van der Waals surface area contributed by atoms with Crippen LogP contribution in [-0.2, 0) is 21.3 Å². The zero-order valence-electron chi connectivity index (χ0n) is 19.8. The number of ether oxygens (including phenoxy) is 1. The van der Waals surface area contributed by atoms with E-state index in [1.807, 2.05) is 0 Å². The van der Waals surface area contributed by atoms with E-state index in [-0.39, 0.29) is 16.6 Å². The van der Waals surface area contributed by atoms with Gasteiger partial charge in [-0.1, -0.05) is 63.2 Å². The van der Waals surface area contributed by atoms with Crippen molar-refractivity contribution in [2.75, 3.05) is 6.61 Å². The molecular weight excluding hydrogens is 366 g/mol. The lowest BCUT2D eigenvalue weighted by Crippen LogP contribution is -2.51. The molecule has 3 rings (SSSR count). The third-order valence-electron chi connectivity index (χ3n) is 6.21. The van der Waals surface area contributed by atoms with Crippen LogP contribution in [0.15, 0.2) is 67.0 Å². The Kier molecular flexibility index (Phi) is 6.38. The molecule has 0 saturated carbocycles. The average Bonchev–Trinajstić information content (AvgIpc) is 2.70. The number of hydrogen-bond donors (Lipinski definition) is 0. The van der Waals surface area contributed by atoms with Gasteiger partial charge in [0.15, 0.2) is 17.9 Å². The van der Waals surface area contributed by atoms with E-state index in [2.05, 4.69) is 120 Å². The van der Waals surface area contributed by atoms with E-state index in [1.165, 1.54) is 21.9 Å². The Hall–Kier alpha value is -2.19. The Morgan fingerprint density at radius 2 is 1.43 bits per heavy atom. The fraction of sp³-hybridized carbons (Fsp3) is 0.464. The minimum atomic E-state index is -0.290. The van der Waals surface area contributed by atoms with Gasteiger partial charge in [0.1, 0.15) is 0 Å². The largest absolute Gasteiger partial charge is 0.371 e. The first-order valence-electron chi connectivity index (χ1n) is 11.1. The van der Waals surface area contributed by atoms with E-state index in [9.17, 15) is 0 Å². The molecule has 0 fully saturated rings. The Labute approximate surface area is 182 Å². The normalized spacial score (nSPS) is 13.0. The van der Waals surface area contributed by atoms with Gasteiger partial charge in [-0.15, -0.1) is 0 Å². The molecule has 0 atom stereocenters. The van der Waals surface area contributed by atoms with Gasteiger partial charge in [0.2, 0.25) is 0 Å². The number of pyridine rings is 1. The first-order chi connectivity index (χ1) is 14.0. The molecule has 1 heterocycles. The van der Waals surface area contributed by atoms with Crippen molar-refractivity contribution < 1.29 is 9.30 Å². The lowest BCUT2D eigenvalue weighted by atomic mass is 9.84. The van der Waals surface area contributed by atoms with Crippen molar-refractivity contribution in [3.63, 3.8) is 0 Å². The smallest absolute Gasteiger partial charge is 0.177 e. The van der Waals surface area contributed by atoms with Gasteiger partial charge in [-0.2, -0.15) is 4.57 Å². The van der Waals surface area contributed by atoms with Gasteiger partial charge in [-0.05, 0) is 48.3 Å². The number of fused-ring (bicyclic) bond motifs is 1. The highest BCUT2D eigenvalue weighted by Crippen LogP contribution is 2.30. The molecule has 0 N–H and O–H groups in total. The Balaban J connectivity index is 1.61. The molecule has 160 valence electrons. The van der Waals surface area contributed by atoms with Crippen LogP contribution in [0.4, 0.5) is 0 Å². The molecule has 0 aliphatic carbocycles. The molecule has 0 bridgehead atoms. The number of aromatic nitrogens is 1. The Morgan fingerprint density at radius 1 is 0.767 bits per heavy atom. The summed E-state index contributed by atoms with van der Waals surface area (Å²) in [6, 6.07) is 19.6. The maximum absolute atomic E-state index is 6.38. The molecule has 30 heavy (non-hydrogen) atoms. The van der Waals surface area contributed by atoms with E-state index in [0.29, 0.717) is 0 Å². The third kappa shape index (κ3) is 5.29. The molecule has 0 aliphatic heterocycles. The Morgan fingerprint density at radius 3 is 2.13 bits per heavy atom. The molecule has 0 unspecified atom stereocenters. The van der Waals surface area contributed by atoms with Crippen molar-refractivity contribution in [1.82, 2.24) is 0 Å². The molecule has 0 radical (unpaired) electrons. The summed E-state index contributed by atoms with van der Waals surface area (Å²) < 4.78 is 8.72. The van der Waals surface area contributed by atoms with E-state index in [4.69, 9.17) is 4.74 Å². The lowest BCUT2D eigenvalue weighted by molar-refractivity contribution is -0.757. The van der Waals surface area contributed by atoms with Gasteiger partial charge in [-0.25, -0.2) is 0 Å². The Bertz CT molecular complexity index is 995. The lowest BCUT2D eigenvalue weighted by Gasteiger charge is -2.29. The molecular formula is C28H38NO+. The summed E-state index contributed by atoms with van der Waals surface area (Å²) in [6.07, 6.45) is 6.55. The predicted octanol–water partition coefficient (Wildman–Crippen LogP) is 6.89. The molecule has 0 spiro atoms. The minimum absolute atomic E-state index is 0.0453. The maximum atomic E-state index is 6.38. The fourth-order valence-electron chi connectivity index (χ4n) is 3.91. The average molecular weight is 405 g/mol. The molecule has 2 nitrogen and oxygen atoms in total. The van der Waals surface area contributed by atoms with Crippen LogP contribution in [0, 0.1) is 0 Å². The van der Waals surface area contributed by atoms with Crippen molar-refractivity contribution in [3.05, 3.63) is 78.1 Å². The second kappa shape index (κ2) is 8.51. The summed E-state index contributed by atoms with van der Waals surface area (Å²) in [4.78, 5) is 0. The van der Waals surface area contributed by atoms with E-state index < -0.39 is 0 Å². The van der Waals surface area contributed by atoms with Crippen molar-refractivity contribution in [2.24, 2.45) is 0 Å². The minimum Gasteiger partial charge on any atom is -0.371 e. The van der Waals surface area contributed by atoms with Gasteiger partial charge in [0, 0.05) is 38.3 Å². The molecule has 1 aromatic heterocycles. The monoisotopic (exact) mass is 404 g/mol. The van der Waals surface area contributed by atoms with Crippen LogP contribution < -0.4 is 4.57 Å². The second-order valence-electron chi connectivity index (χ2n) is 10.6. The standard InChI is InChI=1S/C28H38NO/c1-26(2,3)24-14-10-15-25(20-24)28(6,7)30-19-11-17-27(4,5)29-18-16-22-12-8-9-13-23(22)21-29/h8-10,12-16,18,20-21H,11,17,19H2,1-7H3/q+1. The molecule has 0 aliphatic rings. The number of benzene rings is 2. The van der Waals surface area contributed by atoms with Gasteiger partial charge in [0.25, 0.3) is 0 Å². The van der Waals surface area contributed by atoms with Crippen molar-refractivity contribution in [1.29, 1.82) is 0 Å². The summed E-state index contributed by atoms with van der Waals surface area (Å²) >= 11 is 0. The van der Waals surface area contributed by atoms with Crippen LogP contribution in [-0.4, -0.2) is 6.61 Å². The van der Waals surface area contributed by atoms with Gasteiger partial charge in [0.05, 0.1) is 5.60 Å². The first-order valence-corrected chi connectivity index (χ1v) is 11.1. The number of rotatable bonds is 7. The van der Waals surface area contributed by atoms with Crippen molar-refractivity contribution in [3.8, 4) is 0 Å². The highest BCUT2D eigenvalue weighted by atomic mass is 16.5. The summed E-state index contributed by atoms with van der Waals surface area (Å²) in [5.74, 6) is 0. The molecule has 2 heteroatoms. The summed E-state index contributed by atoms with van der Waals surface area (Å²) in [6.45, 7) is 16.5. The van der Waals surface area contributed by atoms with Crippen LogP contribution in [0.3, 0.4) is 0 Å². The molecule has 2 aromatic carbocycles. The highest BCUT2D eigenvalue weighted by molar-refractivity contribution is 5.80. The summed E-state index contributed by atoms with van der Waals surface area (Å²) in [5.41, 5.74) is 2.50. The van der Waals surface area contributed by atoms with E-state index >= 15 is 0 Å². The van der Waals surface area contributed by atoms with Crippen molar-refractivity contribution >= 4 is 10.8 Å². The van der Waals surface area contributed by atoms with Crippen LogP contribution in [0.25, 0.3) is 10.8 Å². The van der Waals surface area contributed by atoms with E-state index in [0.717, 1.165) is 19.4 Å². The number of nitrogens with zero attached hydrogens (tertiary/aromatic N) is 1. The van der Waals surface area contributed by atoms with Crippen LogP contribution >= 0.6 is 0 Å². The summed E-state index contributed by atoms with van der Waals surface area (Å²) in [5, 5.41) is 2.57. The number of hydrogen-bond acceptors (Lipinski definition) is 1.